The number of hydrogen-bond donors (Lipinski definition) is 0. The fourth-order valence-corrected chi connectivity index (χ4v) is 8.82. The van der Waals surface area contributed by atoms with Crippen LogP contribution in [0.15, 0.2) is 243 Å². The molecule has 8 aromatic carbocycles. The third-order valence-electron chi connectivity index (χ3n) is 11.8. The van der Waals surface area contributed by atoms with E-state index in [9.17, 15) is 0 Å². The van der Waals surface area contributed by atoms with E-state index >= 15 is 0 Å². The van der Waals surface area contributed by atoms with Gasteiger partial charge in [-0.3, -0.25) is 9.97 Å². The zero-order chi connectivity index (χ0) is 41.2. The normalized spacial score (nSPS) is 11.2. The second-order valence-corrected chi connectivity index (χ2v) is 15.5. The number of fused-ring (bicyclic) bond motifs is 3. The number of benzene rings is 8. The summed E-state index contributed by atoms with van der Waals surface area (Å²) in [6.07, 6.45) is 7.40. The highest BCUT2D eigenvalue weighted by Gasteiger charge is 2.22. The molecule has 11 aromatic rings. The third-order valence-corrected chi connectivity index (χ3v) is 11.8. The molecule has 0 N–H and O–H groups in total. The summed E-state index contributed by atoms with van der Waals surface area (Å²) in [6.45, 7) is 0. The fourth-order valence-electron chi connectivity index (χ4n) is 8.82. The summed E-state index contributed by atoms with van der Waals surface area (Å²) in [5, 5.41) is 2.45. The Morgan fingerprint density at radius 1 is 0.339 bits per heavy atom. The SMILES string of the molecule is c1ccc(-c2ccc3c(c2)c2c(-c4ccccc4)ccc(-c4ccccc4)c2n3-c2ccc(N(c3ccc(-c4ccncc4)cc3)c3ccc(-c4cccnc4)cc3)cc2)cc1. The highest BCUT2D eigenvalue weighted by Crippen LogP contribution is 2.45. The van der Waals surface area contributed by atoms with Gasteiger partial charge in [0, 0.05) is 63.9 Å². The zero-order valence-corrected chi connectivity index (χ0v) is 33.9. The molecular formula is C58H40N4. The van der Waals surface area contributed by atoms with Gasteiger partial charge in [0.25, 0.3) is 0 Å². The smallest absolute Gasteiger partial charge is 0.0625 e. The number of anilines is 3. The highest BCUT2D eigenvalue weighted by molar-refractivity contribution is 6.20. The van der Waals surface area contributed by atoms with Crippen molar-refractivity contribution < 1.29 is 0 Å². The van der Waals surface area contributed by atoms with E-state index in [-0.39, 0.29) is 0 Å². The van der Waals surface area contributed by atoms with Crippen molar-refractivity contribution in [1.82, 2.24) is 14.5 Å². The lowest BCUT2D eigenvalue weighted by Gasteiger charge is -2.26. The van der Waals surface area contributed by atoms with Crippen LogP contribution in [-0.2, 0) is 0 Å². The second-order valence-electron chi connectivity index (χ2n) is 15.5. The summed E-state index contributed by atoms with van der Waals surface area (Å²) in [6, 6.07) is 78.5. The van der Waals surface area contributed by atoms with Crippen molar-refractivity contribution in [2.24, 2.45) is 0 Å². The largest absolute Gasteiger partial charge is 0.311 e. The van der Waals surface area contributed by atoms with Gasteiger partial charge in [0.1, 0.15) is 0 Å². The number of hydrogen-bond acceptors (Lipinski definition) is 3. The molecule has 3 aromatic heterocycles. The minimum absolute atomic E-state index is 1.06. The van der Waals surface area contributed by atoms with E-state index in [4.69, 9.17) is 0 Å². The van der Waals surface area contributed by atoms with Crippen LogP contribution in [0.4, 0.5) is 17.1 Å². The van der Waals surface area contributed by atoms with E-state index < -0.39 is 0 Å². The van der Waals surface area contributed by atoms with E-state index in [1.165, 1.54) is 49.7 Å². The molecule has 0 fully saturated rings. The molecule has 292 valence electrons. The van der Waals surface area contributed by atoms with Crippen LogP contribution >= 0.6 is 0 Å². The molecular weight excluding hydrogens is 753 g/mol. The molecule has 11 rings (SSSR count). The Balaban J connectivity index is 1.10. The lowest BCUT2D eigenvalue weighted by molar-refractivity contribution is 1.17. The van der Waals surface area contributed by atoms with Gasteiger partial charge in [-0.05, 0) is 129 Å². The van der Waals surface area contributed by atoms with Crippen LogP contribution in [0.5, 0.6) is 0 Å². The van der Waals surface area contributed by atoms with Gasteiger partial charge in [-0.1, -0.05) is 140 Å². The molecule has 4 heteroatoms. The first-order valence-corrected chi connectivity index (χ1v) is 21.0. The molecule has 62 heavy (non-hydrogen) atoms. The van der Waals surface area contributed by atoms with Crippen molar-refractivity contribution in [3.8, 4) is 61.3 Å². The molecule has 0 radical (unpaired) electrons. The monoisotopic (exact) mass is 792 g/mol. The van der Waals surface area contributed by atoms with Gasteiger partial charge in [0.15, 0.2) is 0 Å². The first kappa shape index (κ1) is 36.7. The van der Waals surface area contributed by atoms with E-state index in [1.54, 1.807) is 0 Å². The van der Waals surface area contributed by atoms with Crippen LogP contribution in [0.2, 0.25) is 0 Å². The lowest BCUT2D eigenvalue weighted by atomic mass is 9.93. The Labute approximate surface area is 361 Å². The average Bonchev–Trinajstić information content (AvgIpc) is 3.70. The summed E-state index contributed by atoms with van der Waals surface area (Å²) in [4.78, 5) is 10.9. The van der Waals surface area contributed by atoms with Crippen molar-refractivity contribution in [2.75, 3.05) is 4.90 Å². The van der Waals surface area contributed by atoms with Gasteiger partial charge < -0.3 is 9.47 Å². The van der Waals surface area contributed by atoms with Gasteiger partial charge in [-0.2, -0.15) is 0 Å². The minimum Gasteiger partial charge on any atom is -0.311 e. The Hall–Kier alpha value is -8.34. The average molecular weight is 793 g/mol. The third kappa shape index (κ3) is 6.80. The van der Waals surface area contributed by atoms with Gasteiger partial charge in [-0.15, -0.1) is 0 Å². The maximum atomic E-state index is 4.36. The van der Waals surface area contributed by atoms with E-state index in [1.807, 2.05) is 43.0 Å². The van der Waals surface area contributed by atoms with Crippen molar-refractivity contribution in [3.63, 3.8) is 0 Å². The molecule has 0 aliphatic carbocycles. The molecule has 0 unspecified atom stereocenters. The van der Waals surface area contributed by atoms with E-state index in [0.29, 0.717) is 0 Å². The first-order valence-electron chi connectivity index (χ1n) is 21.0. The number of pyridine rings is 2. The molecule has 0 spiro atoms. The molecule has 0 saturated carbocycles. The summed E-state index contributed by atoms with van der Waals surface area (Å²) in [7, 11) is 0. The predicted molar refractivity (Wildman–Crippen MR) is 258 cm³/mol. The van der Waals surface area contributed by atoms with Crippen LogP contribution in [-0.4, -0.2) is 14.5 Å². The molecule has 4 nitrogen and oxygen atoms in total. The van der Waals surface area contributed by atoms with Crippen molar-refractivity contribution in [1.29, 1.82) is 0 Å². The standard InChI is InChI=1S/C58H40N4/c1-4-11-41(12-5-1)47-22-33-56-55(39-47)57-53(45-13-6-2-7-14-45)31-32-54(46-15-8-3-9-16-46)58(57)62(56)52-29-27-51(28-30-52)61(49-23-18-42(19-24-49)44-34-37-59-38-35-44)50-25-20-43(21-26-50)48-17-10-36-60-40-48/h1-40H. The zero-order valence-electron chi connectivity index (χ0n) is 33.9. The van der Waals surface area contributed by atoms with Gasteiger partial charge in [-0.25, -0.2) is 0 Å². The topological polar surface area (TPSA) is 34.0 Å². The number of aromatic nitrogens is 3. The molecule has 0 aliphatic rings. The molecule has 0 saturated heterocycles. The van der Waals surface area contributed by atoms with Crippen molar-refractivity contribution in [2.45, 2.75) is 0 Å². The molecule has 0 bridgehead atoms. The quantitative estimate of drug-likeness (QED) is 0.146. The fraction of sp³-hybridized carbons (Fsp3) is 0. The van der Waals surface area contributed by atoms with E-state index in [2.05, 4.69) is 220 Å². The molecule has 0 amide bonds. The van der Waals surface area contributed by atoms with Gasteiger partial charge in [0.05, 0.1) is 11.0 Å². The second kappa shape index (κ2) is 16.0. The Morgan fingerprint density at radius 3 is 1.42 bits per heavy atom. The van der Waals surface area contributed by atoms with E-state index in [0.717, 1.165) is 50.5 Å². The Bertz CT molecular complexity index is 3190. The lowest BCUT2D eigenvalue weighted by Crippen LogP contribution is -2.10. The van der Waals surface area contributed by atoms with Crippen LogP contribution in [0, 0.1) is 0 Å². The van der Waals surface area contributed by atoms with Gasteiger partial charge >= 0.3 is 0 Å². The first-order chi connectivity index (χ1) is 30.8. The maximum absolute atomic E-state index is 4.36. The summed E-state index contributed by atoms with van der Waals surface area (Å²) < 4.78 is 2.47. The van der Waals surface area contributed by atoms with Gasteiger partial charge in [0.2, 0.25) is 0 Å². The summed E-state index contributed by atoms with van der Waals surface area (Å²) >= 11 is 0. The van der Waals surface area contributed by atoms with Crippen LogP contribution in [0.25, 0.3) is 83.1 Å². The van der Waals surface area contributed by atoms with Crippen molar-refractivity contribution in [3.05, 3.63) is 243 Å². The van der Waals surface area contributed by atoms with Crippen LogP contribution in [0.3, 0.4) is 0 Å². The molecule has 0 atom stereocenters. The molecule has 3 heterocycles. The van der Waals surface area contributed by atoms with Crippen LogP contribution in [0.1, 0.15) is 0 Å². The number of rotatable bonds is 9. The number of nitrogens with zero attached hydrogens (tertiary/aromatic N) is 4. The molecule has 0 aliphatic heterocycles. The summed E-state index contributed by atoms with van der Waals surface area (Å²) in [5.74, 6) is 0. The Kier molecular flexibility index (Phi) is 9.49. The van der Waals surface area contributed by atoms with Crippen molar-refractivity contribution >= 4 is 38.9 Å². The highest BCUT2D eigenvalue weighted by atomic mass is 15.1. The minimum atomic E-state index is 1.06. The van der Waals surface area contributed by atoms with Crippen LogP contribution < -0.4 is 4.90 Å². The predicted octanol–water partition coefficient (Wildman–Crippen LogP) is 15.4. The maximum Gasteiger partial charge on any atom is 0.0625 e. The Morgan fingerprint density at radius 2 is 0.823 bits per heavy atom. The summed E-state index contributed by atoms with van der Waals surface area (Å²) in [5.41, 5.74) is 18.2.